The van der Waals surface area contributed by atoms with Crippen molar-refractivity contribution in [2.75, 3.05) is 0 Å². The standard InChI is InChI=1S/C30H22F2N4O/c1-15-12-23(19-7-5-9-25(32)28(19)34-15)30-35-26(20-6-3-4-8-24(20)31)21-11-10-18-16(2)29(37)17(14-33)13-22(18)27(21)36-30/h3-9,12-13,16,18,22H,10-11H2,1-2H3. The molecule has 2 heterocycles. The van der Waals surface area contributed by atoms with E-state index in [1.807, 2.05) is 13.0 Å². The highest BCUT2D eigenvalue weighted by Gasteiger charge is 2.42. The van der Waals surface area contributed by atoms with E-state index in [2.05, 4.69) is 4.98 Å². The van der Waals surface area contributed by atoms with Crippen LogP contribution in [0.5, 0.6) is 0 Å². The van der Waals surface area contributed by atoms with Crippen LogP contribution in [0.1, 0.15) is 36.2 Å². The van der Waals surface area contributed by atoms with Crippen LogP contribution in [0.2, 0.25) is 0 Å². The minimum Gasteiger partial charge on any atom is -0.293 e. The molecule has 182 valence electrons. The molecule has 7 heteroatoms. The normalized spacial score (nSPS) is 20.7. The number of hydrogen-bond acceptors (Lipinski definition) is 5. The van der Waals surface area contributed by atoms with Gasteiger partial charge < -0.3 is 0 Å². The average molecular weight is 493 g/mol. The van der Waals surface area contributed by atoms with Crippen molar-refractivity contribution < 1.29 is 13.6 Å². The molecule has 0 saturated heterocycles. The first kappa shape index (κ1) is 23.1. The third-order valence-electron chi connectivity index (χ3n) is 7.62. The SMILES string of the molecule is Cc1cc(-c2nc(-c3ccccc3F)c3c(n2)C2C=C(C#N)C(=O)C(C)C2CC3)c2cccc(F)c2n1. The summed E-state index contributed by atoms with van der Waals surface area (Å²) in [5, 5.41) is 10.2. The molecule has 0 N–H and O–H groups in total. The van der Waals surface area contributed by atoms with E-state index >= 15 is 4.39 Å². The molecule has 0 radical (unpaired) electrons. The number of hydrogen-bond donors (Lipinski definition) is 0. The predicted octanol–water partition coefficient (Wildman–Crippen LogP) is 6.26. The van der Waals surface area contributed by atoms with Crippen LogP contribution in [0.25, 0.3) is 33.5 Å². The van der Waals surface area contributed by atoms with Crippen LogP contribution in [0.3, 0.4) is 0 Å². The van der Waals surface area contributed by atoms with Crippen molar-refractivity contribution in [2.45, 2.75) is 32.6 Å². The van der Waals surface area contributed by atoms with Gasteiger partial charge in [-0.15, -0.1) is 0 Å². The highest BCUT2D eigenvalue weighted by Crippen LogP contribution is 2.47. The fourth-order valence-corrected chi connectivity index (χ4v) is 5.80. The van der Waals surface area contributed by atoms with Gasteiger partial charge in [-0.05, 0) is 49.9 Å². The number of aryl methyl sites for hydroxylation is 1. The number of benzene rings is 2. The van der Waals surface area contributed by atoms with Gasteiger partial charge in [0.25, 0.3) is 0 Å². The number of Topliss-reactive ketones (excluding diaryl/α,β-unsaturated/α-hetero) is 1. The molecule has 4 aromatic rings. The maximum Gasteiger partial charge on any atom is 0.176 e. The Hall–Kier alpha value is -4.31. The quantitative estimate of drug-likeness (QED) is 0.330. The smallest absolute Gasteiger partial charge is 0.176 e. The molecule has 0 aliphatic heterocycles. The monoisotopic (exact) mass is 492 g/mol. The Bertz CT molecular complexity index is 1690. The first-order valence-electron chi connectivity index (χ1n) is 12.3. The fourth-order valence-electron chi connectivity index (χ4n) is 5.80. The van der Waals surface area contributed by atoms with Crippen molar-refractivity contribution in [3.8, 4) is 28.7 Å². The zero-order chi connectivity index (χ0) is 25.8. The molecule has 2 aliphatic rings. The van der Waals surface area contributed by atoms with Crippen molar-refractivity contribution in [1.29, 1.82) is 5.26 Å². The van der Waals surface area contributed by atoms with Gasteiger partial charge in [0.1, 0.15) is 23.2 Å². The molecule has 0 bridgehead atoms. The minimum absolute atomic E-state index is 0.0262. The van der Waals surface area contributed by atoms with Crippen LogP contribution in [0, 0.1) is 41.7 Å². The summed E-state index contributed by atoms with van der Waals surface area (Å²) >= 11 is 0. The van der Waals surface area contributed by atoms with Gasteiger partial charge in [0.05, 0.1) is 17.0 Å². The molecule has 2 aromatic carbocycles. The van der Waals surface area contributed by atoms with E-state index in [9.17, 15) is 14.4 Å². The molecule has 3 atom stereocenters. The number of allylic oxidation sites excluding steroid dienone is 2. The van der Waals surface area contributed by atoms with Gasteiger partial charge >= 0.3 is 0 Å². The van der Waals surface area contributed by atoms with E-state index in [1.165, 1.54) is 12.1 Å². The fraction of sp³-hybridized carbons (Fsp3) is 0.233. The van der Waals surface area contributed by atoms with Gasteiger partial charge in [-0.25, -0.2) is 23.7 Å². The zero-order valence-electron chi connectivity index (χ0n) is 20.3. The van der Waals surface area contributed by atoms with Crippen molar-refractivity contribution >= 4 is 16.7 Å². The lowest BCUT2D eigenvalue weighted by Crippen LogP contribution is -2.35. The number of nitriles is 1. The Morgan fingerprint density at radius 3 is 2.57 bits per heavy atom. The summed E-state index contributed by atoms with van der Waals surface area (Å²) in [7, 11) is 0. The van der Waals surface area contributed by atoms with Crippen LogP contribution < -0.4 is 0 Å². The van der Waals surface area contributed by atoms with Crippen LogP contribution in [-0.4, -0.2) is 20.7 Å². The molecule has 6 rings (SSSR count). The first-order chi connectivity index (χ1) is 17.9. The van der Waals surface area contributed by atoms with E-state index in [0.717, 1.165) is 5.56 Å². The Kier molecular flexibility index (Phi) is 5.41. The highest BCUT2D eigenvalue weighted by molar-refractivity contribution is 6.02. The third-order valence-corrected chi connectivity index (χ3v) is 7.62. The number of carbonyl (C=O) groups excluding carboxylic acids is 1. The Balaban J connectivity index is 1.68. The lowest BCUT2D eigenvalue weighted by molar-refractivity contribution is -0.120. The summed E-state index contributed by atoms with van der Waals surface area (Å²) in [6.45, 7) is 3.63. The second-order valence-corrected chi connectivity index (χ2v) is 9.76. The number of carbonyl (C=O) groups is 1. The molecule has 5 nitrogen and oxygen atoms in total. The van der Waals surface area contributed by atoms with Crippen molar-refractivity contribution in [3.63, 3.8) is 0 Å². The highest BCUT2D eigenvalue weighted by atomic mass is 19.1. The van der Waals surface area contributed by atoms with Crippen LogP contribution in [0.15, 0.2) is 60.2 Å². The number of pyridine rings is 1. The van der Waals surface area contributed by atoms with Gasteiger partial charge in [-0.1, -0.05) is 37.3 Å². The van der Waals surface area contributed by atoms with E-state index < -0.39 is 11.6 Å². The Labute approximate surface area is 212 Å². The minimum atomic E-state index is -0.448. The molecule has 0 saturated carbocycles. The van der Waals surface area contributed by atoms with Gasteiger partial charge in [0, 0.05) is 39.6 Å². The molecule has 0 amide bonds. The Morgan fingerprint density at radius 2 is 1.78 bits per heavy atom. The average Bonchev–Trinajstić information content (AvgIpc) is 2.90. The molecule has 2 aliphatic carbocycles. The van der Waals surface area contributed by atoms with Crippen molar-refractivity contribution in [2.24, 2.45) is 11.8 Å². The largest absolute Gasteiger partial charge is 0.293 e. The summed E-state index contributed by atoms with van der Waals surface area (Å²) in [5.74, 6) is -1.32. The summed E-state index contributed by atoms with van der Waals surface area (Å²) in [6, 6.07) is 15.1. The van der Waals surface area contributed by atoms with Gasteiger partial charge in [0.15, 0.2) is 11.6 Å². The topological polar surface area (TPSA) is 79.5 Å². The molecule has 2 aromatic heterocycles. The Morgan fingerprint density at radius 1 is 1.00 bits per heavy atom. The van der Waals surface area contributed by atoms with Gasteiger partial charge in [0.2, 0.25) is 0 Å². The molecular weight excluding hydrogens is 470 g/mol. The number of aromatic nitrogens is 3. The van der Waals surface area contributed by atoms with Crippen molar-refractivity contribution in [3.05, 3.63) is 88.8 Å². The number of rotatable bonds is 2. The second-order valence-electron chi connectivity index (χ2n) is 9.76. The number of nitrogens with zero attached hydrogens (tertiary/aromatic N) is 4. The number of ketones is 1. The number of halogens is 2. The molecule has 0 spiro atoms. The van der Waals surface area contributed by atoms with Gasteiger partial charge in [-0.3, -0.25) is 4.79 Å². The van der Waals surface area contributed by atoms with Crippen LogP contribution >= 0.6 is 0 Å². The van der Waals surface area contributed by atoms with Crippen LogP contribution in [0.4, 0.5) is 8.78 Å². The third kappa shape index (κ3) is 3.63. The molecular formula is C30H22F2N4O. The lowest BCUT2D eigenvalue weighted by Gasteiger charge is -2.38. The number of fused-ring (bicyclic) bond motifs is 4. The molecule has 0 fully saturated rings. The van der Waals surface area contributed by atoms with Gasteiger partial charge in [-0.2, -0.15) is 5.26 Å². The van der Waals surface area contributed by atoms with Crippen LogP contribution in [-0.2, 0) is 11.2 Å². The van der Waals surface area contributed by atoms with E-state index in [-0.39, 0.29) is 34.6 Å². The maximum absolute atomic E-state index is 15.1. The van der Waals surface area contributed by atoms with E-state index in [4.69, 9.17) is 9.97 Å². The summed E-state index contributed by atoms with van der Waals surface area (Å²) < 4.78 is 29.8. The zero-order valence-corrected chi connectivity index (χ0v) is 20.3. The van der Waals surface area contributed by atoms with E-state index in [1.54, 1.807) is 49.4 Å². The van der Waals surface area contributed by atoms with Crippen molar-refractivity contribution in [1.82, 2.24) is 15.0 Å². The summed E-state index contributed by atoms with van der Waals surface area (Å²) in [6.07, 6.45) is 2.99. The second kappa shape index (κ2) is 8.67. The molecule has 37 heavy (non-hydrogen) atoms. The molecule has 3 unspecified atom stereocenters. The summed E-state index contributed by atoms with van der Waals surface area (Å²) in [5.41, 5.74) is 3.86. The summed E-state index contributed by atoms with van der Waals surface area (Å²) in [4.78, 5) is 27.0. The maximum atomic E-state index is 15.1. The lowest BCUT2D eigenvalue weighted by atomic mass is 9.66. The predicted molar refractivity (Wildman–Crippen MR) is 135 cm³/mol. The van der Waals surface area contributed by atoms with E-state index in [0.29, 0.717) is 52.3 Å². The first-order valence-corrected chi connectivity index (χ1v) is 12.3. The number of para-hydroxylation sites is 1.